The maximum Gasteiger partial charge on any atom is 0.252 e. The highest BCUT2D eigenvalue weighted by Crippen LogP contribution is 2.13. The lowest BCUT2D eigenvalue weighted by Crippen LogP contribution is -2.36. The Bertz CT molecular complexity index is 681. The molecule has 0 aliphatic heterocycles. The van der Waals surface area contributed by atoms with E-state index in [1.807, 2.05) is 49.4 Å². The Morgan fingerprint density at radius 1 is 1.17 bits per heavy atom. The summed E-state index contributed by atoms with van der Waals surface area (Å²) in [5.41, 5.74) is 2.37. The fourth-order valence-corrected chi connectivity index (χ4v) is 2.24. The second kappa shape index (κ2) is 8.63. The SMILES string of the molecule is CCCC(C=O)NC(=O)c1ccccc1/C=C/c1ccncc1. The largest absolute Gasteiger partial charge is 0.343 e. The lowest BCUT2D eigenvalue weighted by molar-refractivity contribution is -0.109. The van der Waals surface area contributed by atoms with E-state index in [4.69, 9.17) is 0 Å². The highest BCUT2D eigenvalue weighted by Gasteiger charge is 2.14. The lowest BCUT2D eigenvalue weighted by Gasteiger charge is -2.13. The van der Waals surface area contributed by atoms with Crippen LogP contribution in [0.2, 0.25) is 0 Å². The van der Waals surface area contributed by atoms with Gasteiger partial charge in [-0.3, -0.25) is 9.78 Å². The van der Waals surface area contributed by atoms with Crippen LogP contribution in [0.3, 0.4) is 0 Å². The number of nitrogens with zero attached hydrogens (tertiary/aromatic N) is 1. The Morgan fingerprint density at radius 3 is 2.61 bits per heavy atom. The van der Waals surface area contributed by atoms with Gasteiger partial charge >= 0.3 is 0 Å². The van der Waals surface area contributed by atoms with Gasteiger partial charge in [-0.05, 0) is 35.7 Å². The van der Waals surface area contributed by atoms with Crippen LogP contribution in [-0.2, 0) is 4.79 Å². The molecule has 0 fully saturated rings. The van der Waals surface area contributed by atoms with Gasteiger partial charge in [0, 0.05) is 18.0 Å². The van der Waals surface area contributed by atoms with Crippen LogP contribution in [0, 0.1) is 0 Å². The van der Waals surface area contributed by atoms with Crippen molar-refractivity contribution < 1.29 is 9.59 Å². The molecular formula is C19H20N2O2. The quantitative estimate of drug-likeness (QED) is 0.798. The second-order valence-electron chi connectivity index (χ2n) is 5.21. The van der Waals surface area contributed by atoms with E-state index >= 15 is 0 Å². The summed E-state index contributed by atoms with van der Waals surface area (Å²) >= 11 is 0. The summed E-state index contributed by atoms with van der Waals surface area (Å²) in [7, 11) is 0. The molecule has 23 heavy (non-hydrogen) atoms. The fraction of sp³-hybridized carbons (Fsp3) is 0.211. The monoisotopic (exact) mass is 308 g/mol. The summed E-state index contributed by atoms with van der Waals surface area (Å²) in [4.78, 5) is 27.4. The van der Waals surface area contributed by atoms with E-state index in [0.29, 0.717) is 12.0 Å². The van der Waals surface area contributed by atoms with E-state index in [9.17, 15) is 9.59 Å². The van der Waals surface area contributed by atoms with Gasteiger partial charge in [0.05, 0.1) is 6.04 Å². The molecule has 0 saturated heterocycles. The van der Waals surface area contributed by atoms with Crippen molar-refractivity contribution in [3.05, 3.63) is 65.5 Å². The van der Waals surface area contributed by atoms with Crippen molar-refractivity contribution in [3.63, 3.8) is 0 Å². The first kappa shape index (κ1) is 16.6. The van der Waals surface area contributed by atoms with Crippen molar-refractivity contribution in [1.29, 1.82) is 0 Å². The normalized spacial score (nSPS) is 12.0. The lowest BCUT2D eigenvalue weighted by atomic mass is 10.0. The van der Waals surface area contributed by atoms with Gasteiger partial charge in [-0.15, -0.1) is 0 Å². The van der Waals surface area contributed by atoms with E-state index in [0.717, 1.165) is 23.8 Å². The smallest absolute Gasteiger partial charge is 0.252 e. The summed E-state index contributed by atoms with van der Waals surface area (Å²) in [5, 5.41) is 2.77. The van der Waals surface area contributed by atoms with E-state index in [2.05, 4.69) is 10.3 Å². The minimum Gasteiger partial charge on any atom is -0.343 e. The fourth-order valence-electron chi connectivity index (χ4n) is 2.24. The van der Waals surface area contributed by atoms with Crippen LogP contribution < -0.4 is 5.32 Å². The van der Waals surface area contributed by atoms with Gasteiger partial charge in [0.25, 0.3) is 5.91 Å². The minimum atomic E-state index is -0.440. The average molecular weight is 308 g/mol. The van der Waals surface area contributed by atoms with Gasteiger partial charge in [-0.2, -0.15) is 0 Å². The molecule has 1 aromatic carbocycles. The van der Waals surface area contributed by atoms with Crippen molar-refractivity contribution in [2.24, 2.45) is 0 Å². The molecule has 1 atom stereocenters. The van der Waals surface area contributed by atoms with Gasteiger partial charge < -0.3 is 10.1 Å². The third-order valence-electron chi connectivity index (χ3n) is 3.45. The molecule has 0 aliphatic rings. The van der Waals surface area contributed by atoms with Crippen molar-refractivity contribution in [3.8, 4) is 0 Å². The van der Waals surface area contributed by atoms with Crippen molar-refractivity contribution in [2.45, 2.75) is 25.8 Å². The summed E-state index contributed by atoms with van der Waals surface area (Å²) in [5.74, 6) is -0.231. The molecule has 118 valence electrons. The molecule has 0 radical (unpaired) electrons. The van der Waals surface area contributed by atoms with Crippen LogP contribution in [0.4, 0.5) is 0 Å². The first-order valence-electron chi connectivity index (χ1n) is 7.68. The van der Waals surface area contributed by atoms with E-state index < -0.39 is 6.04 Å². The molecule has 4 heteroatoms. The summed E-state index contributed by atoms with van der Waals surface area (Å²) in [6, 6.07) is 10.7. The van der Waals surface area contributed by atoms with Gasteiger partial charge in [-0.1, -0.05) is 43.7 Å². The number of pyridine rings is 1. The number of rotatable bonds is 7. The van der Waals surface area contributed by atoms with Crippen molar-refractivity contribution in [2.75, 3.05) is 0 Å². The predicted molar refractivity (Wildman–Crippen MR) is 91.8 cm³/mol. The maximum absolute atomic E-state index is 12.4. The summed E-state index contributed by atoms with van der Waals surface area (Å²) < 4.78 is 0. The standard InChI is InChI=1S/C19H20N2O2/c1-2-5-17(14-22)21-19(23)18-7-4-3-6-16(18)9-8-15-10-12-20-13-11-15/h3-4,6-14,17H,2,5H2,1H3,(H,21,23)/b9-8+. The van der Waals surface area contributed by atoms with Gasteiger partial charge in [0.1, 0.15) is 6.29 Å². The highest BCUT2D eigenvalue weighted by atomic mass is 16.2. The van der Waals surface area contributed by atoms with E-state index in [-0.39, 0.29) is 5.91 Å². The topological polar surface area (TPSA) is 59.1 Å². The summed E-state index contributed by atoms with van der Waals surface area (Å²) in [6.07, 6.45) is 9.53. The molecule has 0 aliphatic carbocycles. The number of amides is 1. The van der Waals surface area contributed by atoms with Gasteiger partial charge in [0.15, 0.2) is 0 Å². The first-order valence-corrected chi connectivity index (χ1v) is 7.68. The number of aldehydes is 1. The molecule has 0 bridgehead atoms. The van der Waals surface area contributed by atoms with Crippen molar-refractivity contribution in [1.82, 2.24) is 10.3 Å². The predicted octanol–water partition coefficient (Wildman–Crippen LogP) is 3.35. The van der Waals surface area contributed by atoms with Crippen molar-refractivity contribution >= 4 is 24.3 Å². The van der Waals surface area contributed by atoms with Crippen LogP contribution in [0.15, 0.2) is 48.8 Å². The average Bonchev–Trinajstić information content (AvgIpc) is 2.60. The Kier molecular flexibility index (Phi) is 6.24. The first-order chi connectivity index (χ1) is 11.2. The second-order valence-corrected chi connectivity index (χ2v) is 5.21. The van der Waals surface area contributed by atoms with E-state index in [1.165, 1.54) is 0 Å². The zero-order chi connectivity index (χ0) is 16.5. The zero-order valence-corrected chi connectivity index (χ0v) is 13.1. The Labute approximate surface area is 136 Å². The van der Waals surface area contributed by atoms with Crippen LogP contribution in [-0.4, -0.2) is 23.2 Å². The Balaban J connectivity index is 2.18. The third-order valence-corrected chi connectivity index (χ3v) is 3.45. The van der Waals surface area contributed by atoms with Crippen LogP contribution in [0.25, 0.3) is 12.2 Å². The summed E-state index contributed by atoms with van der Waals surface area (Å²) in [6.45, 7) is 1.98. The molecule has 1 N–H and O–H groups in total. The number of nitrogens with one attached hydrogen (secondary N) is 1. The number of hydrogen-bond donors (Lipinski definition) is 1. The molecule has 2 rings (SSSR count). The highest BCUT2D eigenvalue weighted by molar-refractivity contribution is 5.99. The van der Waals surface area contributed by atoms with Crippen LogP contribution in [0.5, 0.6) is 0 Å². The number of carbonyl (C=O) groups is 2. The van der Waals surface area contributed by atoms with Crippen LogP contribution in [0.1, 0.15) is 41.3 Å². The zero-order valence-electron chi connectivity index (χ0n) is 13.1. The maximum atomic E-state index is 12.4. The number of carbonyl (C=O) groups excluding carboxylic acids is 2. The molecule has 1 amide bonds. The number of aromatic nitrogens is 1. The molecule has 2 aromatic rings. The van der Waals surface area contributed by atoms with Gasteiger partial charge in [0.2, 0.25) is 0 Å². The third kappa shape index (κ3) is 4.88. The Hall–Kier alpha value is -2.75. The molecule has 1 aromatic heterocycles. The molecule has 1 heterocycles. The van der Waals surface area contributed by atoms with Gasteiger partial charge in [-0.25, -0.2) is 0 Å². The number of hydrogen-bond acceptors (Lipinski definition) is 3. The molecule has 1 unspecified atom stereocenters. The molecule has 4 nitrogen and oxygen atoms in total. The number of benzene rings is 1. The molecule has 0 saturated carbocycles. The molecular weight excluding hydrogens is 288 g/mol. The Morgan fingerprint density at radius 2 is 1.91 bits per heavy atom. The molecule has 0 spiro atoms. The minimum absolute atomic E-state index is 0.231. The van der Waals surface area contributed by atoms with Crippen LogP contribution >= 0.6 is 0 Å². The van der Waals surface area contributed by atoms with E-state index in [1.54, 1.807) is 18.5 Å².